The van der Waals surface area contributed by atoms with Gasteiger partial charge in [0.05, 0.1) is 6.61 Å². The number of nitrogens with two attached hydrogens (primary N) is 1. The Balaban J connectivity index is 2.12. The number of nitrogens with zero attached hydrogens (tertiary/aromatic N) is 1. The topological polar surface area (TPSA) is 81.9 Å². The predicted octanol–water partition coefficient (Wildman–Crippen LogP) is 2.02. The van der Waals surface area contributed by atoms with Gasteiger partial charge in [-0.1, -0.05) is 0 Å². The monoisotopic (exact) mass is 342 g/mol. The molecule has 0 bridgehead atoms. The fraction of sp³-hybridized carbons (Fsp3) is 0.500. The van der Waals surface area contributed by atoms with E-state index in [1.54, 1.807) is 11.8 Å². The highest BCUT2D eigenvalue weighted by Crippen LogP contribution is 2.30. The third-order valence-corrected chi connectivity index (χ3v) is 3.89. The maximum Gasteiger partial charge on any atom is 0.387 e. The number of benzene rings is 1. The molecule has 2 N–H and O–H groups in total. The molecule has 8 heteroatoms. The number of hydrogen-bond donors (Lipinski definition) is 1. The first kappa shape index (κ1) is 18.0. The fourth-order valence-corrected chi connectivity index (χ4v) is 2.65. The Morgan fingerprint density at radius 1 is 1.29 bits per heavy atom. The first-order valence-corrected chi connectivity index (χ1v) is 7.72. The number of ether oxygens (including phenoxy) is 2. The van der Waals surface area contributed by atoms with Crippen molar-refractivity contribution in [3.05, 3.63) is 23.8 Å². The van der Waals surface area contributed by atoms with Gasteiger partial charge in [0.2, 0.25) is 5.91 Å². The van der Waals surface area contributed by atoms with Crippen LogP contribution in [0.1, 0.15) is 30.1 Å². The second kappa shape index (κ2) is 7.94. The van der Waals surface area contributed by atoms with Crippen LogP contribution in [-0.2, 0) is 4.79 Å². The van der Waals surface area contributed by atoms with Crippen LogP contribution in [0.2, 0.25) is 0 Å². The zero-order chi connectivity index (χ0) is 17.7. The lowest BCUT2D eigenvalue weighted by atomic mass is 9.96. The maximum atomic E-state index is 12.5. The lowest BCUT2D eigenvalue weighted by molar-refractivity contribution is -0.123. The van der Waals surface area contributed by atoms with Crippen molar-refractivity contribution in [3.8, 4) is 11.5 Å². The average molecular weight is 342 g/mol. The third kappa shape index (κ3) is 4.33. The molecule has 2 amide bonds. The highest BCUT2D eigenvalue weighted by molar-refractivity contribution is 5.95. The molecule has 1 aliphatic rings. The molecular formula is C16H20F2N2O4. The minimum absolute atomic E-state index is 0.0932. The average Bonchev–Trinajstić information content (AvgIpc) is 2.55. The Labute approximate surface area is 138 Å². The molecule has 0 aliphatic carbocycles. The lowest BCUT2D eigenvalue weighted by Gasteiger charge is -2.30. The highest BCUT2D eigenvalue weighted by Gasteiger charge is 2.27. The second-order valence-electron chi connectivity index (χ2n) is 5.44. The zero-order valence-corrected chi connectivity index (χ0v) is 13.3. The van der Waals surface area contributed by atoms with E-state index < -0.39 is 6.61 Å². The SMILES string of the molecule is CCOc1cc(C(=O)N2CCC(C(N)=O)CC2)ccc1OC(F)F. The summed E-state index contributed by atoms with van der Waals surface area (Å²) >= 11 is 0. The van der Waals surface area contributed by atoms with Crippen LogP contribution >= 0.6 is 0 Å². The van der Waals surface area contributed by atoms with Crippen LogP contribution in [0.5, 0.6) is 11.5 Å². The molecule has 132 valence electrons. The summed E-state index contributed by atoms with van der Waals surface area (Å²) in [6, 6.07) is 4.10. The Morgan fingerprint density at radius 2 is 1.96 bits per heavy atom. The third-order valence-electron chi connectivity index (χ3n) is 3.89. The molecule has 0 aromatic heterocycles. The van der Waals surface area contributed by atoms with Crippen LogP contribution in [-0.4, -0.2) is 43.0 Å². The van der Waals surface area contributed by atoms with Crippen LogP contribution in [0.15, 0.2) is 18.2 Å². The van der Waals surface area contributed by atoms with Crippen molar-refractivity contribution in [1.82, 2.24) is 4.90 Å². The van der Waals surface area contributed by atoms with Gasteiger partial charge in [0.1, 0.15) is 0 Å². The van der Waals surface area contributed by atoms with Gasteiger partial charge >= 0.3 is 6.61 Å². The Morgan fingerprint density at radius 3 is 2.50 bits per heavy atom. The van der Waals surface area contributed by atoms with Gasteiger partial charge in [-0.2, -0.15) is 8.78 Å². The molecule has 1 fully saturated rings. The Bertz CT molecular complexity index is 602. The molecule has 1 aromatic rings. The quantitative estimate of drug-likeness (QED) is 0.857. The molecule has 0 unspecified atom stereocenters. The summed E-state index contributed by atoms with van der Waals surface area (Å²) in [5.41, 5.74) is 5.59. The largest absolute Gasteiger partial charge is 0.490 e. The number of rotatable bonds is 6. The summed E-state index contributed by atoms with van der Waals surface area (Å²) in [4.78, 5) is 25.3. The molecule has 6 nitrogen and oxygen atoms in total. The van der Waals surface area contributed by atoms with E-state index in [1.165, 1.54) is 18.2 Å². The van der Waals surface area contributed by atoms with Crippen LogP contribution in [0.3, 0.4) is 0 Å². The van der Waals surface area contributed by atoms with Gasteiger partial charge in [-0.05, 0) is 38.0 Å². The zero-order valence-electron chi connectivity index (χ0n) is 13.3. The summed E-state index contributed by atoms with van der Waals surface area (Å²) in [5, 5.41) is 0. The van der Waals surface area contributed by atoms with Crippen LogP contribution < -0.4 is 15.2 Å². The van der Waals surface area contributed by atoms with E-state index in [0.29, 0.717) is 31.5 Å². The van der Waals surface area contributed by atoms with Crippen molar-refractivity contribution in [2.24, 2.45) is 11.7 Å². The summed E-state index contributed by atoms with van der Waals surface area (Å²) < 4.78 is 34.5. The number of carbonyl (C=O) groups is 2. The van der Waals surface area contributed by atoms with E-state index in [9.17, 15) is 18.4 Å². The smallest absolute Gasteiger partial charge is 0.387 e. The number of primary amides is 1. The highest BCUT2D eigenvalue weighted by atomic mass is 19.3. The van der Waals surface area contributed by atoms with Crippen molar-refractivity contribution in [1.29, 1.82) is 0 Å². The molecule has 1 aromatic carbocycles. The van der Waals surface area contributed by atoms with Gasteiger partial charge < -0.3 is 20.1 Å². The van der Waals surface area contributed by atoms with E-state index in [1.807, 2.05) is 0 Å². The van der Waals surface area contributed by atoms with Crippen molar-refractivity contribution in [2.75, 3.05) is 19.7 Å². The number of alkyl halides is 2. The summed E-state index contributed by atoms with van der Waals surface area (Å²) in [6.45, 7) is -0.174. The number of amides is 2. The molecule has 0 atom stereocenters. The fourth-order valence-electron chi connectivity index (χ4n) is 2.65. The van der Waals surface area contributed by atoms with Crippen molar-refractivity contribution in [3.63, 3.8) is 0 Å². The molecule has 0 spiro atoms. The van der Waals surface area contributed by atoms with Gasteiger partial charge in [0, 0.05) is 24.6 Å². The van der Waals surface area contributed by atoms with E-state index in [4.69, 9.17) is 10.5 Å². The van der Waals surface area contributed by atoms with Crippen LogP contribution in [0, 0.1) is 5.92 Å². The molecule has 1 aliphatic heterocycles. The Hall–Kier alpha value is -2.38. The maximum absolute atomic E-state index is 12.5. The first-order chi connectivity index (χ1) is 11.4. The van der Waals surface area contributed by atoms with E-state index in [-0.39, 0.29) is 35.8 Å². The number of likely N-dealkylation sites (tertiary alicyclic amines) is 1. The number of carbonyl (C=O) groups excluding carboxylic acids is 2. The summed E-state index contributed by atoms with van der Waals surface area (Å²) in [5.74, 6) is -0.835. The van der Waals surface area contributed by atoms with Crippen molar-refractivity contribution in [2.45, 2.75) is 26.4 Å². The van der Waals surface area contributed by atoms with Gasteiger partial charge in [0.15, 0.2) is 11.5 Å². The van der Waals surface area contributed by atoms with Gasteiger partial charge in [0.25, 0.3) is 5.91 Å². The van der Waals surface area contributed by atoms with Crippen LogP contribution in [0.25, 0.3) is 0 Å². The molecule has 24 heavy (non-hydrogen) atoms. The predicted molar refractivity (Wildman–Crippen MR) is 82.1 cm³/mol. The lowest BCUT2D eigenvalue weighted by Crippen LogP contribution is -2.41. The van der Waals surface area contributed by atoms with Gasteiger partial charge in [-0.15, -0.1) is 0 Å². The normalized spacial score (nSPS) is 15.4. The van der Waals surface area contributed by atoms with E-state index in [0.717, 1.165) is 0 Å². The van der Waals surface area contributed by atoms with Gasteiger partial charge in [-0.3, -0.25) is 9.59 Å². The Kier molecular flexibility index (Phi) is 5.94. The van der Waals surface area contributed by atoms with Crippen molar-refractivity contribution >= 4 is 11.8 Å². The van der Waals surface area contributed by atoms with Crippen LogP contribution in [0.4, 0.5) is 8.78 Å². The van der Waals surface area contributed by atoms with E-state index in [2.05, 4.69) is 4.74 Å². The minimum Gasteiger partial charge on any atom is -0.490 e. The molecular weight excluding hydrogens is 322 g/mol. The summed E-state index contributed by atoms with van der Waals surface area (Å²) in [6.07, 6.45) is 1.04. The van der Waals surface area contributed by atoms with Crippen molar-refractivity contribution < 1.29 is 27.8 Å². The molecule has 0 saturated carbocycles. The number of halogens is 2. The number of piperidine rings is 1. The molecule has 0 radical (unpaired) electrons. The first-order valence-electron chi connectivity index (χ1n) is 7.72. The summed E-state index contributed by atoms with van der Waals surface area (Å²) in [7, 11) is 0. The van der Waals surface area contributed by atoms with E-state index >= 15 is 0 Å². The molecule has 1 saturated heterocycles. The van der Waals surface area contributed by atoms with Gasteiger partial charge in [-0.25, -0.2) is 0 Å². The molecule has 1 heterocycles. The number of hydrogen-bond acceptors (Lipinski definition) is 4. The molecule has 2 rings (SSSR count). The standard InChI is InChI=1S/C16H20F2N2O4/c1-2-23-13-9-11(3-4-12(13)24-16(17)18)15(22)20-7-5-10(6-8-20)14(19)21/h3-4,9-10,16H,2,5-8H2,1H3,(H2,19,21). The second-order valence-corrected chi connectivity index (χ2v) is 5.44. The minimum atomic E-state index is -2.97.